The van der Waals surface area contributed by atoms with Crippen molar-refractivity contribution in [1.82, 2.24) is 9.80 Å². The summed E-state index contributed by atoms with van der Waals surface area (Å²) in [5.41, 5.74) is 1.56. The van der Waals surface area contributed by atoms with Gasteiger partial charge in [0.2, 0.25) is 5.78 Å². The number of hydrogen-bond acceptors (Lipinski definition) is 9. The van der Waals surface area contributed by atoms with Crippen LogP contribution in [0.15, 0.2) is 23.0 Å². The SMILES string of the molecule is CN(C)[C@@H]1C(=O)C(C(N)=O)=C(O)[C@@]2(O)C(=O)C3=C(O)c4c(O)cc(CN5CCCCCC5)c(F)c4C[C@H]3C[C@@H]12. The van der Waals surface area contributed by atoms with Crippen molar-refractivity contribution in [2.24, 2.45) is 17.6 Å². The van der Waals surface area contributed by atoms with Gasteiger partial charge in [-0.1, -0.05) is 12.8 Å². The van der Waals surface area contributed by atoms with E-state index < -0.39 is 69.6 Å². The van der Waals surface area contributed by atoms with Crippen molar-refractivity contribution in [2.75, 3.05) is 27.2 Å². The van der Waals surface area contributed by atoms with Gasteiger partial charge in [-0.25, -0.2) is 4.39 Å². The second-order valence-electron chi connectivity index (χ2n) is 11.4. The number of carbonyl (C=O) groups excluding carboxylic acids is 3. The van der Waals surface area contributed by atoms with Gasteiger partial charge in [0, 0.05) is 29.2 Å². The maximum atomic E-state index is 15.9. The number of carbonyl (C=O) groups is 3. The predicted molar refractivity (Wildman–Crippen MR) is 138 cm³/mol. The molecule has 0 unspecified atom stereocenters. The summed E-state index contributed by atoms with van der Waals surface area (Å²) in [6.07, 6.45) is 4.08. The molecule has 1 aromatic carbocycles. The largest absolute Gasteiger partial charge is 0.508 e. The molecule has 0 bridgehead atoms. The highest BCUT2D eigenvalue weighted by Crippen LogP contribution is 2.53. The summed E-state index contributed by atoms with van der Waals surface area (Å²) in [6, 6.07) is 0.0697. The van der Waals surface area contributed by atoms with E-state index in [0.717, 1.165) is 38.8 Å². The van der Waals surface area contributed by atoms with Gasteiger partial charge in [0.25, 0.3) is 5.91 Å². The second kappa shape index (κ2) is 9.72. The van der Waals surface area contributed by atoms with Gasteiger partial charge in [0.05, 0.1) is 11.6 Å². The van der Waals surface area contributed by atoms with Crippen LogP contribution in [0, 0.1) is 17.7 Å². The fraction of sp³-hybridized carbons (Fsp3) is 0.536. The number of Topliss-reactive ketones (excluding diaryl/α,β-unsaturated/α-hetero) is 2. The zero-order valence-corrected chi connectivity index (χ0v) is 22.0. The number of benzene rings is 1. The number of likely N-dealkylation sites (tertiary alicyclic amines) is 1. The van der Waals surface area contributed by atoms with Crippen LogP contribution in [0.1, 0.15) is 48.8 Å². The van der Waals surface area contributed by atoms with Gasteiger partial charge in [-0.3, -0.25) is 24.2 Å². The molecular weight excluding hydrogens is 509 g/mol. The summed E-state index contributed by atoms with van der Waals surface area (Å²) in [4.78, 5) is 42.6. The molecule has 10 nitrogen and oxygen atoms in total. The summed E-state index contributed by atoms with van der Waals surface area (Å²) in [7, 11) is 3.06. The molecule has 5 rings (SSSR count). The van der Waals surface area contributed by atoms with Gasteiger partial charge in [-0.2, -0.15) is 0 Å². The van der Waals surface area contributed by atoms with Crippen molar-refractivity contribution in [3.05, 3.63) is 45.5 Å². The molecule has 39 heavy (non-hydrogen) atoms. The Morgan fingerprint density at radius 1 is 1.15 bits per heavy atom. The summed E-state index contributed by atoms with van der Waals surface area (Å²) < 4.78 is 15.9. The van der Waals surface area contributed by atoms with Gasteiger partial charge in [-0.05, 0) is 64.9 Å². The lowest BCUT2D eigenvalue weighted by Crippen LogP contribution is -2.65. The standard InChI is InChI=1S/C28H34FN3O7/c1-31(2)22-16-10-13-9-15-19(17(33)11-14(21(15)29)12-32-7-5-3-4-6-8-32)23(34)18(13)25(36)28(16,39)26(37)20(24(22)35)27(30)38/h11,13,16,22,33-34,37,39H,3-10,12H2,1-2H3,(H2,30,38)/t13-,16-,22-,28-/m0/s1. The number of nitrogens with zero attached hydrogens (tertiary/aromatic N) is 2. The molecule has 3 aliphatic carbocycles. The van der Waals surface area contributed by atoms with Crippen LogP contribution < -0.4 is 5.73 Å². The number of phenols is 1. The molecule has 1 heterocycles. The van der Waals surface area contributed by atoms with Crippen LogP contribution in [0.25, 0.3) is 5.76 Å². The van der Waals surface area contributed by atoms with Gasteiger partial charge >= 0.3 is 0 Å². The van der Waals surface area contributed by atoms with E-state index in [9.17, 15) is 34.8 Å². The molecular formula is C28H34FN3O7. The molecule has 1 saturated carbocycles. The number of hydrogen-bond donors (Lipinski definition) is 5. The quantitative estimate of drug-likeness (QED) is 0.354. The van der Waals surface area contributed by atoms with E-state index in [1.165, 1.54) is 25.1 Å². The Bertz CT molecular complexity index is 1330. The first kappa shape index (κ1) is 27.3. The first-order chi connectivity index (χ1) is 18.4. The molecule has 1 aliphatic heterocycles. The van der Waals surface area contributed by atoms with Gasteiger partial charge in [-0.15, -0.1) is 0 Å². The molecule has 1 saturated heterocycles. The van der Waals surface area contributed by atoms with Crippen LogP contribution in [0.4, 0.5) is 4.39 Å². The number of nitrogens with two attached hydrogens (primary N) is 1. The van der Waals surface area contributed by atoms with E-state index in [4.69, 9.17) is 5.73 Å². The molecule has 4 atom stereocenters. The summed E-state index contributed by atoms with van der Waals surface area (Å²) in [5.74, 6) is -8.07. The van der Waals surface area contributed by atoms with Crippen LogP contribution in [-0.2, 0) is 27.3 Å². The van der Waals surface area contributed by atoms with Crippen molar-refractivity contribution in [3.8, 4) is 5.75 Å². The zero-order chi connectivity index (χ0) is 28.4. The van der Waals surface area contributed by atoms with Crippen molar-refractivity contribution in [3.63, 3.8) is 0 Å². The molecule has 1 aromatic rings. The molecule has 0 radical (unpaired) electrons. The molecule has 6 N–H and O–H groups in total. The van der Waals surface area contributed by atoms with Gasteiger partial charge in [0.15, 0.2) is 11.4 Å². The van der Waals surface area contributed by atoms with Crippen molar-refractivity contribution >= 4 is 23.2 Å². The number of phenolic OH excluding ortho intramolecular Hbond substituents is 1. The predicted octanol–water partition coefficient (Wildman–Crippen LogP) is 1.48. The average molecular weight is 544 g/mol. The lowest BCUT2D eigenvalue weighted by molar-refractivity contribution is -0.153. The molecule has 1 amide bonds. The van der Waals surface area contributed by atoms with Crippen LogP contribution in [0.3, 0.4) is 0 Å². The smallest absolute Gasteiger partial charge is 0.255 e. The maximum absolute atomic E-state index is 15.9. The Morgan fingerprint density at radius 3 is 2.38 bits per heavy atom. The van der Waals surface area contributed by atoms with Crippen molar-refractivity contribution in [1.29, 1.82) is 0 Å². The lowest BCUT2D eigenvalue weighted by atomic mass is 9.57. The number of likely N-dealkylation sites (N-methyl/N-ethyl adjacent to an activating group) is 1. The fourth-order valence-electron chi connectivity index (χ4n) is 7.00. The number of rotatable bonds is 4. The topological polar surface area (TPSA) is 165 Å². The van der Waals surface area contributed by atoms with E-state index >= 15 is 4.39 Å². The van der Waals surface area contributed by atoms with E-state index in [2.05, 4.69) is 4.90 Å². The van der Waals surface area contributed by atoms with E-state index in [-0.39, 0.29) is 35.1 Å². The minimum Gasteiger partial charge on any atom is -0.508 e. The summed E-state index contributed by atoms with van der Waals surface area (Å²) in [5, 5.41) is 44.6. The Balaban J connectivity index is 1.62. The number of halogens is 1. The van der Waals surface area contributed by atoms with Gasteiger partial charge in [0.1, 0.15) is 28.7 Å². The van der Waals surface area contributed by atoms with E-state index in [0.29, 0.717) is 6.54 Å². The fourth-order valence-corrected chi connectivity index (χ4v) is 7.00. The lowest BCUT2D eigenvalue weighted by Gasteiger charge is -2.50. The molecule has 2 fully saturated rings. The number of fused-ring (bicyclic) bond motifs is 3. The maximum Gasteiger partial charge on any atom is 0.255 e. The molecule has 210 valence electrons. The Morgan fingerprint density at radius 2 is 1.79 bits per heavy atom. The zero-order valence-electron chi connectivity index (χ0n) is 22.0. The second-order valence-corrected chi connectivity index (χ2v) is 11.4. The number of aliphatic hydroxyl groups is 3. The van der Waals surface area contributed by atoms with Gasteiger partial charge < -0.3 is 26.2 Å². The first-order valence-corrected chi connectivity index (χ1v) is 13.3. The number of aliphatic hydroxyl groups excluding tert-OH is 2. The minimum absolute atomic E-state index is 0.0606. The third-order valence-electron chi connectivity index (χ3n) is 8.82. The third-order valence-corrected chi connectivity index (χ3v) is 8.82. The average Bonchev–Trinajstić information content (AvgIpc) is 3.12. The molecule has 0 aromatic heterocycles. The van der Waals surface area contributed by atoms with Crippen LogP contribution in [0.5, 0.6) is 5.75 Å². The third kappa shape index (κ3) is 4.06. The molecule has 11 heteroatoms. The Hall–Kier alpha value is -3.28. The Kier molecular flexibility index (Phi) is 6.80. The number of ketones is 2. The van der Waals surface area contributed by atoms with Crippen LogP contribution in [-0.4, -0.2) is 86.5 Å². The van der Waals surface area contributed by atoms with Crippen LogP contribution in [0.2, 0.25) is 0 Å². The minimum atomic E-state index is -2.72. The molecule has 0 spiro atoms. The highest BCUT2D eigenvalue weighted by Gasteiger charge is 2.64. The number of aromatic hydroxyl groups is 1. The monoisotopic (exact) mass is 543 g/mol. The van der Waals surface area contributed by atoms with E-state index in [1.807, 2.05) is 0 Å². The summed E-state index contributed by atoms with van der Waals surface area (Å²) in [6.45, 7) is 1.92. The number of amides is 1. The van der Waals surface area contributed by atoms with Crippen LogP contribution >= 0.6 is 0 Å². The van der Waals surface area contributed by atoms with Crippen molar-refractivity contribution in [2.45, 2.75) is 56.7 Å². The van der Waals surface area contributed by atoms with E-state index in [1.54, 1.807) is 0 Å². The molecule has 4 aliphatic rings. The number of primary amides is 1. The highest BCUT2D eigenvalue weighted by molar-refractivity contribution is 6.24. The van der Waals surface area contributed by atoms with Crippen molar-refractivity contribution < 1.29 is 39.2 Å². The first-order valence-electron chi connectivity index (χ1n) is 13.3. The normalized spacial score (nSPS) is 29.7. The summed E-state index contributed by atoms with van der Waals surface area (Å²) >= 11 is 0. The highest BCUT2D eigenvalue weighted by atomic mass is 19.1. The Labute approximate surface area is 225 Å².